The van der Waals surface area contributed by atoms with Gasteiger partial charge >= 0.3 is 0 Å². The molecule has 0 fully saturated rings. The van der Waals surface area contributed by atoms with Crippen LogP contribution in [0, 0.1) is 19.8 Å². The summed E-state index contributed by atoms with van der Waals surface area (Å²) in [6.07, 6.45) is 0. The Labute approximate surface area is 161 Å². The molecule has 2 rings (SSSR count). The van der Waals surface area contributed by atoms with Crippen LogP contribution in [0.2, 0.25) is 0 Å². The fourth-order valence-electron chi connectivity index (χ4n) is 2.84. The van der Waals surface area contributed by atoms with Crippen molar-refractivity contribution in [3.8, 4) is 5.75 Å². The highest BCUT2D eigenvalue weighted by Crippen LogP contribution is 2.13. The molecular formula is C22H28N2O3. The van der Waals surface area contributed by atoms with Gasteiger partial charge in [-0.25, -0.2) is 0 Å². The summed E-state index contributed by atoms with van der Waals surface area (Å²) in [6.45, 7) is 8.33. The van der Waals surface area contributed by atoms with Crippen LogP contribution in [0.4, 0.5) is 0 Å². The van der Waals surface area contributed by atoms with Crippen molar-refractivity contribution in [2.45, 2.75) is 40.3 Å². The molecule has 0 aliphatic rings. The first kappa shape index (κ1) is 20.5. The zero-order chi connectivity index (χ0) is 20.0. The average molecular weight is 368 g/mol. The maximum atomic E-state index is 12.7. The number of amides is 2. The molecule has 2 aromatic rings. The van der Waals surface area contributed by atoms with Gasteiger partial charge in [0.2, 0.25) is 5.91 Å². The van der Waals surface area contributed by atoms with Crippen LogP contribution in [0.1, 0.15) is 40.9 Å². The molecule has 2 aromatic carbocycles. The molecule has 0 heterocycles. The summed E-state index contributed by atoms with van der Waals surface area (Å²) >= 11 is 0. The summed E-state index contributed by atoms with van der Waals surface area (Å²) in [7, 11) is 1.57. The molecule has 1 unspecified atom stereocenters. The smallest absolute Gasteiger partial charge is 0.251 e. The predicted octanol–water partition coefficient (Wildman–Crippen LogP) is 3.38. The van der Waals surface area contributed by atoms with Crippen LogP contribution in [0.25, 0.3) is 0 Å². The van der Waals surface area contributed by atoms with Crippen LogP contribution in [0.5, 0.6) is 5.75 Å². The van der Waals surface area contributed by atoms with Crippen molar-refractivity contribution in [1.82, 2.24) is 10.6 Å². The van der Waals surface area contributed by atoms with E-state index < -0.39 is 6.04 Å². The second-order valence-electron chi connectivity index (χ2n) is 7.07. The van der Waals surface area contributed by atoms with Gasteiger partial charge in [0, 0.05) is 12.1 Å². The van der Waals surface area contributed by atoms with Gasteiger partial charge in [0.05, 0.1) is 7.11 Å². The molecule has 0 aliphatic heterocycles. The Hall–Kier alpha value is -2.82. The van der Waals surface area contributed by atoms with Crippen molar-refractivity contribution >= 4 is 11.8 Å². The van der Waals surface area contributed by atoms with E-state index in [0.29, 0.717) is 17.9 Å². The maximum Gasteiger partial charge on any atom is 0.251 e. The van der Waals surface area contributed by atoms with Gasteiger partial charge < -0.3 is 15.4 Å². The monoisotopic (exact) mass is 368 g/mol. The standard InChI is InChI=1S/C22H28N2O3/c1-14(2)20(24-21(25)17-8-10-19(27-5)11-9-17)22(26)23-13-18-7-6-15(3)12-16(18)4/h6-12,14,20H,13H2,1-5H3,(H,23,26)(H,24,25). The van der Waals surface area contributed by atoms with Crippen LogP contribution >= 0.6 is 0 Å². The van der Waals surface area contributed by atoms with E-state index in [9.17, 15) is 9.59 Å². The minimum atomic E-state index is -0.606. The molecule has 0 aliphatic carbocycles. The molecule has 0 saturated heterocycles. The van der Waals surface area contributed by atoms with Gasteiger partial charge in [0.1, 0.15) is 11.8 Å². The molecule has 0 radical (unpaired) electrons. The molecule has 0 bridgehead atoms. The van der Waals surface area contributed by atoms with Gasteiger partial charge in [-0.3, -0.25) is 9.59 Å². The van der Waals surface area contributed by atoms with E-state index in [4.69, 9.17) is 4.74 Å². The number of nitrogens with one attached hydrogen (secondary N) is 2. The van der Waals surface area contributed by atoms with Crippen molar-refractivity contribution in [1.29, 1.82) is 0 Å². The predicted molar refractivity (Wildman–Crippen MR) is 107 cm³/mol. The van der Waals surface area contributed by atoms with Crippen molar-refractivity contribution in [2.75, 3.05) is 7.11 Å². The van der Waals surface area contributed by atoms with E-state index in [2.05, 4.69) is 16.7 Å². The van der Waals surface area contributed by atoms with Crippen LogP contribution in [0.15, 0.2) is 42.5 Å². The zero-order valence-electron chi connectivity index (χ0n) is 16.6. The second-order valence-corrected chi connectivity index (χ2v) is 7.07. The topological polar surface area (TPSA) is 67.4 Å². The number of hydrogen-bond donors (Lipinski definition) is 2. The molecule has 0 spiro atoms. The van der Waals surface area contributed by atoms with Crippen LogP contribution in [-0.4, -0.2) is 25.0 Å². The number of benzene rings is 2. The van der Waals surface area contributed by atoms with Gasteiger partial charge in [-0.1, -0.05) is 37.6 Å². The molecule has 1 atom stereocenters. The number of ether oxygens (including phenoxy) is 1. The molecule has 5 nitrogen and oxygen atoms in total. The summed E-state index contributed by atoms with van der Waals surface area (Å²) in [5.41, 5.74) is 3.88. The van der Waals surface area contributed by atoms with Crippen LogP contribution in [-0.2, 0) is 11.3 Å². The van der Waals surface area contributed by atoms with Gasteiger partial charge in [-0.15, -0.1) is 0 Å². The first-order valence-corrected chi connectivity index (χ1v) is 9.10. The Morgan fingerprint density at radius 1 is 1.04 bits per heavy atom. The minimum Gasteiger partial charge on any atom is -0.497 e. The van der Waals surface area contributed by atoms with E-state index in [1.165, 1.54) is 5.56 Å². The summed E-state index contributed by atoms with van der Waals surface area (Å²) in [5, 5.41) is 5.78. The number of hydrogen-bond acceptors (Lipinski definition) is 3. The van der Waals surface area contributed by atoms with Gasteiger partial charge in [-0.2, -0.15) is 0 Å². The van der Waals surface area contributed by atoms with Crippen molar-refractivity contribution in [3.05, 3.63) is 64.7 Å². The molecule has 2 amide bonds. The molecule has 0 aromatic heterocycles. The largest absolute Gasteiger partial charge is 0.497 e. The number of methoxy groups -OCH3 is 1. The van der Waals surface area contributed by atoms with E-state index >= 15 is 0 Å². The van der Waals surface area contributed by atoms with E-state index in [1.807, 2.05) is 39.8 Å². The number of rotatable bonds is 7. The third-order valence-electron chi connectivity index (χ3n) is 4.54. The fourth-order valence-corrected chi connectivity index (χ4v) is 2.84. The lowest BCUT2D eigenvalue weighted by Gasteiger charge is -2.22. The van der Waals surface area contributed by atoms with Gasteiger partial charge in [0.15, 0.2) is 0 Å². The zero-order valence-corrected chi connectivity index (χ0v) is 16.6. The Balaban J connectivity index is 2.02. The fraction of sp³-hybridized carbons (Fsp3) is 0.364. The molecule has 2 N–H and O–H groups in total. The third kappa shape index (κ3) is 5.58. The molecule has 27 heavy (non-hydrogen) atoms. The lowest BCUT2D eigenvalue weighted by molar-refractivity contribution is -0.124. The summed E-state index contributed by atoms with van der Waals surface area (Å²) < 4.78 is 5.10. The summed E-state index contributed by atoms with van der Waals surface area (Å²) in [5.74, 6) is 0.175. The normalized spacial score (nSPS) is 11.8. The van der Waals surface area contributed by atoms with E-state index in [1.54, 1.807) is 31.4 Å². The number of carbonyl (C=O) groups excluding carboxylic acids is 2. The Morgan fingerprint density at radius 2 is 1.70 bits per heavy atom. The highest BCUT2D eigenvalue weighted by atomic mass is 16.5. The van der Waals surface area contributed by atoms with E-state index in [0.717, 1.165) is 11.1 Å². The second kappa shape index (κ2) is 9.21. The number of carbonyl (C=O) groups is 2. The van der Waals surface area contributed by atoms with Crippen LogP contribution < -0.4 is 15.4 Å². The average Bonchev–Trinajstić information content (AvgIpc) is 2.64. The Bertz CT molecular complexity index is 798. The number of aryl methyl sites for hydroxylation is 2. The van der Waals surface area contributed by atoms with Gasteiger partial charge in [0.25, 0.3) is 5.91 Å². The Morgan fingerprint density at radius 3 is 2.26 bits per heavy atom. The first-order chi connectivity index (χ1) is 12.8. The first-order valence-electron chi connectivity index (χ1n) is 9.10. The molecular weight excluding hydrogens is 340 g/mol. The summed E-state index contributed by atoms with van der Waals surface area (Å²) in [6, 6.07) is 12.3. The van der Waals surface area contributed by atoms with Crippen molar-refractivity contribution in [3.63, 3.8) is 0 Å². The molecule has 144 valence electrons. The highest BCUT2D eigenvalue weighted by Gasteiger charge is 2.24. The lowest BCUT2D eigenvalue weighted by Crippen LogP contribution is -2.49. The SMILES string of the molecule is COc1ccc(C(=O)NC(C(=O)NCc2ccc(C)cc2C)C(C)C)cc1. The summed E-state index contributed by atoms with van der Waals surface area (Å²) in [4.78, 5) is 25.2. The lowest BCUT2D eigenvalue weighted by atomic mass is 10.0. The highest BCUT2D eigenvalue weighted by molar-refractivity contribution is 5.97. The van der Waals surface area contributed by atoms with Gasteiger partial charge in [-0.05, 0) is 55.2 Å². The van der Waals surface area contributed by atoms with Crippen molar-refractivity contribution < 1.29 is 14.3 Å². The molecule has 0 saturated carbocycles. The maximum absolute atomic E-state index is 12.7. The molecule has 5 heteroatoms. The quantitative estimate of drug-likeness (QED) is 0.787. The van der Waals surface area contributed by atoms with Crippen molar-refractivity contribution in [2.24, 2.45) is 5.92 Å². The van der Waals surface area contributed by atoms with E-state index in [-0.39, 0.29) is 17.7 Å². The third-order valence-corrected chi connectivity index (χ3v) is 4.54. The Kier molecular flexibility index (Phi) is 6.99. The van der Waals surface area contributed by atoms with Crippen LogP contribution in [0.3, 0.4) is 0 Å². The minimum absolute atomic E-state index is 0.0358.